The van der Waals surface area contributed by atoms with Gasteiger partial charge in [-0.2, -0.15) is 5.26 Å². The van der Waals surface area contributed by atoms with Crippen molar-refractivity contribution >= 4 is 23.1 Å². The number of carbonyl (C=O) groups is 1. The highest BCUT2D eigenvalue weighted by atomic mass is 16.5. The van der Waals surface area contributed by atoms with Crippen molar-refractivity contribution in [2.45, 2.75) is 0 Å². The molecule has 1 aromatic carbocycles. The molecule has 0 atom stereocenters. The minimum atomic E-state index is -0.648. The van der Waals surface area contributed by atoms with E-state index < -0.39 is 5.91 Å². The Kier molecular flexibility index (Phi) is 3.90. The van der Waals surface area contributed by atoms with Gasteiger partial charge in [-0.05, 0) is 18.2 Å². The topological polar surface area (TPSA) is 127 Å². The van der Waals surface area contributed by atoms with Crippen molar-refractivity contribution < 1.29 is 9.53 Å². The third-order valence-electron chi connectivity index (χ3n) is 2.76. The molecule has 1 heterocycles. The number of amides is 1. The molecule has 0 bridgehead atoms. The van der Waals surface area contributed by atoms with Gasteiger partial charge in [0.1, 0.15) is 11.6 Å². The molecule has 0 saturated heterocycles. The zero-order chi connectivity index (χ0) is 15.4. The zero-order valence-electron chi connectivity index (χ0n) is 11.3. The lowest BCUT2D eigenvalue weighted by atomic mass is 10.2. The molecule has 106 valence electrons. The fourth-order valence-corrected chi connectivity index (χ4v) is 1.76. The van der Waals surface area contributed by atoms with Crippen molar-refractivity contribution in [3.05, 3.63) is 41.6 Å². The van der Waals surface area contributed by atoms with Gasteiger partial charge in [-0.1, -0.05) is 0 Å². The summed E-state index contributed by atoms with van der Waals surface area (Å²) in [5.74, 6) is 0.0627. The summed E-state index contributed by atoms with van der Waals surface area (Å²) in [6, 6.07) is 8.30. The van der Waals surface area contributed by atoms with Gasteiger partial charge in [0.2, 0.25) is 0 Å². The molecular formula is C14H13N5O2. The van der Waals surface area contributed by atoms with Crippen molar-refractivity contribution in [3.63, 3.8) is 0 Å². The molecule has 5 N–H and O–H groups in total. The highest BCUT2D eigenvalue weighted by molar-refractivity contribution is 5.99. The normalized spacial score (nSPS) is 9.71. The summed E-state index contributed by atoms with van der Waals surface area (Å²) < 4.78 is 5.20. The van der Waals surface area contributed by atoms with Gasteiger partial charge in [-0.25, -0.2) is 4.98 Å². The zero-order valence-corrected chi connectivity index (χ0v) is 11.3. The molecule has 0 saturated carbocycles. The van der Waals surface area contributed by atoms with Crippen LogP contribution in [0.3, 0.4) is 0 Å². The number of nitrogens with one attached hydrogen (secondary N) is 1. The number of primary amides is 1. The van der Waals surface area contributed by atoms with Crippen LogP contribution < -0.4 is 21.5 Å². The molecule has 1 aromatic heterocycles. The minimum Gasteiger partial charge on any atom is -0.495 e. The van der Waals surface area contributed by atoms with Crippen LogP contribution in [0.25, 0.3) is 0 Å². The summed E-state index contributed by atoms with van der Waals surface area (Å²) in [7, 11) is 1.48. The lowest BCUT2D eigenvalue weighted by Crippen LogP contribution is -2.15. The predicted octanol–water partition coefficient (Wildman–Crippen LogP) is 1.39. The first-order valence-electron chi connectivity index (χ1n) is 5.95. The van der Waals surface area contributed by atoms with Crippen molar-refractivity contribution in [1.29, 1.82) is 5.26 Å². The molecule has 0 spiro atoms. The second-order valence-corrected chi connectivity index (χ2v) is 4.18. The van der Waals surface area contributed by atoms with Gasteiger partial charge in [0.05, 0.1) is 41.9 Å². The Hall–Kier alpha value is -3.27. The van der Waals surface area contributed by atoms with Gasteiger partial charge in [0.15, 0.2) is 0 Å². The third-order valence-corrected chi connectivity index (χ3v) is 2.76. The first-order valence-corrected chi connectivity index (χ1v) is 5.95. The maximum atomic E-state index is 11.4. The lowest BCUT2D eigenvalue weighted by molar-refractivity contribution is 0.100. The second kappa shape index (κ2) is 5.79. The van der Waals surface area contributed by atoms with E-state index in [0.717, 1.165) is 0 Å². The number of nitrogen functional groups attached to an aromatic ring is 1. The van der Waals surface area contributed by atoms with Crippen molar-refractivity contribution in [2.75, 3.05) is 18.2 Å². The van der Waals surface area contributed by atoms with E-state index in [1.54, 1.807) is 18.2 Å². The number of benzene rings is 1. The van der Waals surface area contributed by atoms with Crippen LogP contribution in [0, 0.1) is 11.3 Å². The number of anilines is 3. The molecule has 7 nitrogen and oxygen atoms in total. The Morgan fingerprint density at radius 1 is 1.43 bits per heavy atom. The Labute approximate surface area is 121 Å². The summed E-state index contributed by atoms with van der Waals surface area (Å²) in [4.78, 5) is 15.5. The monoisotopic (exact) mass is 283 g/mol. The average molecular weight is 283 g/mol. The van der Waals surface area contributed by atoms with Crippen molar-refractivity contribution in [3.8, 4) is 11.8 Å². The van der Waals surface area contributed by atoms with Crippen LogP contribution in [-0.4, -0.2) is 18.0 Å². The predicted molar refractivity (Wildman–Crippen MR) is 78.2 cm³/mol. The van der Waals surface area contributed by atoms with Gasteiger partial charge in [0, 0.05) is 6.07 Å². The highest BCUT2D eigenvalue weighted by Crippen LogP contribution is 2.29. The summed E-state index contributed by atoms with van der Waals surface area (Å²) in [5.41, 5.74) is 12.4. The fourth-order valence-electron chi connectivity index (χ4n) is 1.76. The molecule has 0 aliphatic rings. The molecular weight excluding hydrogens is 270 g/mol. The van der Waals surface area contributed by atoms with Gasteiger partial charge in [0.25, 0.3) is 5.91 Å². The van der Waals surface area contributed by atoms with Gasteiger partial charge >= 0.3 is 0 Å². The van der Waals surface area contributed by atoms with E-state index in [2.05, 4.69) is 10.3 Å². The van der Waals surface area contributed by atoms with Crippen LogP contribution in [0.15, 0.2) is 30.5 Å². The maximum absolute atomic E-state index is 11.4. The molecule has 0 radical (unpaired) electrons. The van der Waals surface area contributed by atoms with Crippen molar-refractivity contribution in [2.24, 2.45) is 5.73 Å². The van der Waals surface area contributed by atoms with Crippen LogP contribution in [0.4, 0.5) is 17.2 Å². The van der Waals surface area contributed by atoms with E-state index in [-0.39, 0.29) is 11.4 Å². The van der Waals surface area contributed by atoms with E-state index in [1.165, 1.54) is 19.4 Å². The Balaban J connectivity index is 2.43. The Morgan fingerprint density at radius 3 is 2.81 bits per heavy atom. The van der Waals surface area contributed by atoms with Crippen LogP contribution >= 0.6 is 0 Å². The summed E-state index contributed by atoms with van der Waals surface area (Å²) >= 11 is 0. The summed E-state index contributed by atoms with van der Waals surface area (Å²) in [5, 5.41) is 11.8. The number of nitrogens with zero attached hydrogens (tertiary/aromatic N) is 2. The fraction of sp³-hybridized carbons (Fsp3) is 0.0714. The van der Waals surface area contributed by atoms with Crippen LogP contribution in [-0.2, 0) is 0 Å². The first kappa shape index (κ1) is 14.1. The number of ether oxygens (including phenoxy) is 1. The van der Waals surface area contributed by atoms with E-state index >= 15 is 0 Å². The molecule has 21 heavy (non-hydrogen) atoms. The number of methoxy groups -OCH3 is 1. The smallest absolute Gasteiger partial charge is 0.252 e. The SMILES string of the molecule is COc1cc(C#N)ccc1Nc1ncc(N)cc1C(N)=O. The van der Waals surface area contributed by atoms with E-state index in [0.29, 0.717) is 22.7 Å². The number of rotatable bonds is 4. The largest absolute Gasteiger partial charge is 0.495 e. The summed E-state index contributed by atoms with van der Waals surface area (Å²) in [6.07, 6.45) is 1.41. The second-order valence-electron chi connectivity index (χ2n) is 4.18. The van der Waals surface area contributed by atoms with E-state index in [1.807, 2.05) is 6.07 Å². The lowest BCUT2D eigenvalue weighted by Gasteiger charge is -2.13. The quantitative estimate of drug-likeness (QED) is 0.778. The molecule has 0 fully saturated rings. The Bertz CT molecular complexity index is 737. The molecule has 7 heteroatoms. The van der Waals surface area contributed by atoms with E-state index in [9.17, 15) is 4.79 Å². The third kappa shape index (κ3) is 3.01. The molecule has 1 amide bonds. The number of nitrogens with two attached hydrogens (primary N) is 2. The van der Waals surface area contributed by atoms with Crippen molar-refractivity contribution in [1.82, 2.24) is 4.98 Å². The minimum absolute atomic E-state index is 0.168. The van der Waals surface area contributed by atoms with Gasteiger partial charge in [-0.3, -0.25) is 4.79 Å². The number of nitriles is 1. The number of hydrogen-bond acceptors (Lipinski definition) is 6. The Morgan fingerprint density at radius 2 is 2.19 bits per heavy atom. The average Bonchev–Trinajstić information content (AvgIpc) is 2.49. The first-order chi connectivity index (χ1) is 10.0. The molecule has 2 aromatic rings. The van der Waals surface area contributed by atoms with Gasteiger partial charge in [-0.15, -0.1) is 0 Å². The molecule has 0 unspecified atom stereocenters. The maximum Gasteiger partial charge on any atom is 0.252 e. The number of pyridine rings is 1. The van der Waals surface area contributed by atoms with Crippen LogP contribution in [0.1, 0.15) is 15.9 Å². The van der Waals surface area contributed by atoms with E-state index in [4.69, 9.17) is 21.5 Å². The van der Waals surface area contributed by atoms with Crippen LogP contribution in [0.5, 0.6) is 5.75 Å². The number of carbonyl (C=O) groups excluding carboxylic acids is 1. The number of aromatic nitrogens is 1. The summed E-state index contributed by atoms with van der Waals surface area (Å²) in [6.45, 7) is 0. The molecule has 0 aliphatic heterocycles. The number of hydrogen-bond donors (Lipinski definition) is 3. The molecule has 2 rings (SSSR count). The van der Waals surface area contributed by atoms with Gasteiger partial charge < -0.3 is 21.5 Å². The van der Waals surface area contributed by atoms with Crippen LogP contribution in [0.2, 0.25) is 0 Å². The molecule has 0 aliphatic carbocycles. The highest BCUT2D eigenvalue weighted by Gasteiger charge is 2.13. The standard InChI is InChI=1S/C14H13N5O2/c1-21-12-4-8(6-15)2-3-11(12)19-14-10(13(17)20)5-9(16)7-18-14/h2-5,7H,16H2,1H3,(H2,17,20)(H,18,19).